The van der Waals surface area contributed by atoms with Crippen molar-refractivity contribution < 1.29 is 18.5 Å². The van der Waals surface area contributed by atoms with Crippen LogP contribution in [0.3, 0.4) is 0 Å². The maximum atomic E-state index is 12.9. The van der Waals surface area contributed by atoms with E-state index in [1.54, 1.807) is 6.92 Å². The Morgan fingerprint density at radius 3 is 2.58 bits per heavy atom. The van der Waals surface area contributed by atoms with E-state index in [0.717, 1.165) is 11.3 Å². The van der Waals surface area contributed by atoms with Crippen LogP contribution in [0.1, 0.15) is 27.4 Å². The van der Waals surface area contributed by atoms with Crippen LogP contribution in [0, 0.1) is 17.0 Å². The average Bonchev–Trinajstić information content (AvgIpc) is 2.92. The zero-order valence-corrected chi connectivity index (χ0v) is 14.1. The Hall–Kier alpha value is -3.14. The standard InChI is InChI=1S/C16H12F2N4O3S/c1-7-6-10(14(17)18)21-16-11(7)12(19)13(26-16)15(23)20-8-2-4-9(5-3-8)22(24)25/h2-6,14H,19H2,1H3,(H,20,23). The number of thiophene rings is 1. The summed E-state index contributed by atoms with van der Waals surface area (Å²) in [5.74, 6) is -0.544. The molecule has 2 aromatic heterocycles. The van der Waals surface area contributed by atoms with Gasteiger partial charge in [-0.25, -0.2) is 13.8 Å². The molecule has 10 heteroatoms. The Labute approximate surface area is 149 Å². The lowest BCUT2D eigenvalue weighted by Gasteiger charge is -2.04. The van der Waals surface area contributed by atoms with Crippen LogP contribution in [0.25, 0.3) is 10.2 Å². The summed E-state index contributed by atoms with van der Waals surface area (Å²) in [5.41, 5.74) is 6.55. The minimum atomic E-state index is -2.72. The number of aryl methyl sites for hydroxylation is 1. The number of nitrogen functional groups attached to an aromatic ring is 1. The fourth-order valence-corrected chi connectivity index (χ4v) is 3.54. The molecule has 1 aromatic carbocycles. The number of nitrogens with zero attached hydrogens (tertiary/aromatic N) is 2. The third kappa shape index (κ3) is 3.18. The van der Waals surface area contributed by atoms with Gasteiger partial charge in [0.15, 0.2) is 0 Å². The topological polar surface area (TPSA) is 111 Å². The second kappa shape index (κ2) is 6.64. The van der Waals surface area contributed by atoms with Crippen LogP contribution in [0.5, 0.6) is 0 Å². The molecule has 0 saturated heterocycles. The van der Waals surface area contributed by atoms with Crippen molar-refractivity contribution in [2.75, 3.05) is 11.1 Å². The van der Waals surface area contributed by atoms with Crippen LogP contribution < -0.4 is 11.1 Å². The van der Waals surface area contributed by atoms with Crippen LogP contribution in [-0.4, -0.2) is 15.8 Å². The number of benzene rings is 1. The van der Waals surface area contributed by atoms with E-state index in [1.807, 2.05) is 0 Å². The van der Waals surface area contributed by atoms with Crippen LogP contribution in [0.4, 0.5) is 25.8 Å². The van der Waals surface area contributed by atoms with Gasteiger partial charge in [0.2, 0.25) is 0 Å². The van der Waals surface area contributed by atoms with Crippen molar-refractivity contribution in [1.82, 2.24) is 4.98 Å². The number of nitrogens with one attached hydrogen (secondary N) is 1. The van der Waals surface area contributed by atoms with Crippen molar-refractivity contribution in [3.63, 3.8) is 0 Å². The molecule has 0 unspecified atom stereocenters. The van der Waals surface area contributed by atoms with Crippen LogP contribution >= 0.6 is 11.3 Å². The number of nitro benzene ring substituents is 1. The number of hydrogen-bond donors (Lipinski definition) is 2. The molecular formula is C16H12F2N4O3S. The SMILES string of the molecule is Cc1cc(C(F)F)nc2sc(C(=O)Nc3ccc([N+](=O)[O-])cc3)c(N)c12. The van der Waals surface area contributed by atoms with E-state index in [2.05, 4.69) is 10.3 Å². The van der Waals surface area contributed by atoms with E-state index in [1.165, 1.54) is 30.3 Å². The molecule has 26 heavy (non-hydrogen) atoms. The Bertz CT molecular complexity index is 1020. The molecule has 3 N–H and O–H groups in total. The van der Waals surface area contributed by atoms with Gasteiger partial charge in [0, 0.05) is 23.2 Å². The predicted octanol–water partition coefficient (Wildman–Crippen LogP) is 4.29. The fraction of sp³-hybridized carbons (Fsp3) is 0.125. The van der Waals surface area contributed by atoms with Crippen LogP contribution in [0.15, 0.2) is 30.3 Å². The summed E-state index contributed by atoms with van der Waals surface area (Å²) in [7, 11) is 0. The molecular weight excluding hydrogens is 366 g/mol. The zero-order valence-electron chi connectivity index (χ0n) is 13.3. The number of halogens is 2. The highest BCUT2D eigenvalue weighted by Crippen LogP contribution is 2.36. The van der Waals surface area contributed by atoms with E-state index in [-0.39, 0.29) is 26.8 Å². The van der Waals surface area contributed by atoms with Gasteiger partial charge in [0.25, 0.3) is 18.0 Å². The van der Waals surface area contributed by atoms with E-state index in [0.29, 0.717) is 16.6 Å². The number of nitro groups is 1. The number of pyridine rings is 1. The molecule has 2 heterocycles. The van der Waals surface area contributed by atoms with Crippen molar-refractivity contribution in [3.8, 4) is 0 Å². The largest absolute Gasteiger partial charge is 0.397 e. The number of rotatable bonds is 4. The number of nitrogens with two attached hydrogens (primary N) is 1. The molecule has 134 valence electrons. The fourth-order valence-electron chi connectivity index (χ4n) is 2.47. The summed E-state index contributed by atoms with van der Waals surface area (Å²) in [4.78, 5) is 26.8. The van der Waals surface area contributed by atoms with E-state index in [4.69, 9.17) is 5.73 Å². The van der Waals surface area contributed by atoms with E-state index >= 15 is 0 Å². The van der Waals surface area contributed by atoms with Crippen LogP contribution in [-0.2, 0) is 0 Å². The van der Waals surface area contributed by atoms with Gasteiger partial charge in [-0.2, -0.15) is 0 Å². The lowest BCUT2D eigenvalue weighted by atomic mass is 10.1. The molecule has 0 radical (unpaired) electrons. The van der Waals surface area contributed by atoms with Gasteiger partial charge in [-0.3, -0.25) is 14.9 Å². The van der Waals surface area contributed by atoms with Gasteiger partial charge in [-0.05, 0) is 30.7 Å². The molecule has 0 fully saturated rings. The molecule has 0 aliphatic rings. The van der Waals surface area contributed by atoms with Crippen molar-refractivity contribution in [2.45, 2.75) is 13.3 Å². The first-order valence-corrected chi connectivity index (χ1v) is 8.13. The lowest BCUT2D eigenvalue weighted by molar-refractivity contribution is -0.384. The molecule has 7 nitrogen and oxygen atoms in total. The maximum absolute atomic E-state index is 12.9. The Morgan fingerprint density at radius 1 is 1.35 bits per heavy atom. The molecule has 3 rings (SSSR count). The molecule has 0 saturated carbocycles. The van der Waals surface area contributed by atoms with Gasteiger partial charge in [-0.15, -0.1) is 11.3 Å². The van der Waals surface area contributed by atoms with Crippen molar-refractivity contribution in [2.24, 2.45) is 0 Å². The Morgan fingerprint density at radius 2 is 2.00 bits per heavy atom. The predicted molar refractivity (Wildman–Crippen MR) is 94.8 cm³/mol. The Balaban J connectivity index is 1.94. The number of alkyl halides is 2. The van der Waals surface area contributed by atoms with Gasteiger partial charge in [0.05, 0.1) is 10.6 Å². The first kappa shape index (κ1) is 17.7. The van der Waals surface area contributed by atoms with Gasteiger partial charge in [-0.1, -0.05) is 0 Å². The number of amides is 1. The highest BCUT2D eigenvalue weighted by molar-refractivity contribution is 7.21. The second-order valence-electron chi connectivity index (χ2n) is 5.45. The third-order valence-corrected chi connectivity index (χ3v) is 4.78. The lowest BCUT2D eigenvalue weighted by Crippen LogP contribution is -2.11. The quantitative estimate of drug-likeness (QED) is 0.520. The number of non-ortho nitro benzene ring substituents is 1. The molecule has 3 aromatic rings. The maximum Gasteiger partial charge on any atom is 0.280 e. The summed E-state index contributed by atoms with van der Waals surface area (Å²) in [6.45, 7) is 1.62. The third-order valence-electron chi connectivity index (χ3n) is 3.68. The monoisotopic (exact) mass is 378 g/mol. The smallest absolute Gasteiger partial charge is 0.280 e. The summed E-state index contributed by atoms with van der Waals surface area (Å²) >= 11 is 0.915. The van der Waals surface area contributed by atoms with Crippen molar-refractivity contribution >= 4 is 44.5 Å². The van der Waals surface area contributed by atoms with Crippen LogP contribution in [0.2, 0.25) is 0 Å². The first-order chi connectivity index (χ1) is 12.3. The summed E-state index contributed by atoms with van der Waals surface area (Å²) in [6, 6.07) is 6.53. The normalized spacial score (nSPS) is 11.1. The molecule has 0 bridgehead atoms. The summed E-state index contributed by atoms with van der Waals surface area (Å²) < 4.78 is 25.8. The number of hydrogen-bond acceptors (Lipinski definition) is 6. The molecule has 1 amide bonds. The van der Waals surface area contributed by atoms with Crippen molar-refractivity contribution in [1.29, 1.82) is 0 Å². The number of carbonyl (C=O) groups is 1. The number of aromatic nitrogens is 1. The highest BCUT2D eigenvalue weighted by Gasteiger charge is 2.21. The zero-order chi connectivity index (χ0) is 19.0. The summed E-state index contributed by atoms with van der Waals surface area (Å²) in [6.07, 6.45) is -2.72. The average molecular weight is 378 g/mol. The molecule has 0 spiro atoms. The van der Waals surface area contributed by atoms with Gasteiger partial charge >= 0.3 is 0 Å². The molecule has 0 aliphatic heterocycles. The highest BCUT2D eigenvalue weighted by atomic mass is 32.1. The number of anilines is 2. The second-order valence-corrected chi connectivity index (χ2v) is 6.45. The minimum absolute atomic E-state index is 0.108. The minimum Gasteiger partial charge on any atom is -0.397 e. The first-order valence-electron chi connectivity index (χ1n) is 7.31. The van der Waals surface area contributed by atoms with E-state index in [9.17, 15) is 23.7 Å². The number of carbonyl (C=O) groups excluding carboxylic acids is 1. The molecule has 0 atom stereocenters. The van der Waals surface area contributed by atoms with Crippen molar-refractivity contribution in [3.05, 3.63) is 56.6 Å². The van der Waals surface area contributed by atoms with Gasteiger partial charge in [0.1, 0.15) is 15.4 Å². The summed E-state index contributed by atoms with van der Waals surface area (Å²) in [5, 5.41) is 13.7. The molecule has 0 aliphatic carbocycles. The number of fused-ring (bicyclic) bond motifs is 1. The van der Waals surface area contributed by atoms with Gasteiger partial charge < -0.3 is 11.1 Å². The van der Waals surface area contributed by atoms with E-state index < -0.39 is 17.3 Å². The Kier molecular flexibility index (Phi) is 4.51.